The predicted molar refractivity (Wildman–Crippen MR) is 68.3 cm³/mol. The van der Waals surface area contributed by atoms with Crippen molar-refractivity contribution in [2.24, 2.45) is 0 Å². The van der Waals surface area contributed by atoms with Gasteiger partial charge >= 0.3 is 5.97 Å². The van der Waals surface area contributed by atoms with Crippen LogP contribution in [0.1, 0.15) is 25.8 Å². The Balaban J connectivity index is 2.27. The van der Waals surface area contributed by atoms with E-state index in [1.54, 1.807) is 13.0 Å². The third kappa shape index (κ3) is 2.24. The van der Waals surface area contributed by atoms with E-state index in [1.165, 1.54) is 0 Å². The number of hydrogen-bond acceptors (Lipinski definition) is 4. The highest BCUT2D eigenvalue weighted by Crippen LogP contribution is 2.29. The first-order valence-corrected chi connectivity index (χ1v) is 6.11. The lowest BCUT2D eigenvalue weighted by Crippen LogP contribution is -2.39. The molecule has 0 fully saturated rings. The van der Waals surface area contributed by atoms with Crippen molar-refractivity contribution in [2.75, 3.05) is 6.61 Å². The minimum atomic E-state index is -1.01. The van der Waals surface area contributed by atoms with Crippen LogP contribution in [0, 0.1) is 0 Å². The first-order valence-electron chi connectivity index (χ1n) is 6.11. The van der Waals surface area contributed by atoms with Crippen molar-refractivity contribution >= 4 is 11.7 Å². The molecule has 0 spiro atoms. The Bertz CT molecular complexity index is 455. The number of benzene rings is 1. The summed E-state index contributed by atoms with van der Waals surface area (Å²) < 4.78 is 5.06. The molecule has 1 atom stereocenters. The van der Waals surface area contributed by atoms with E-state index in [0.717, 1.165) is 11.3 Å². The smallest absolute Gasteiger partial charge is 0.345 e. The molecule has 0 bridgehead atoms. The van der Waals surface area contributed by atoms with Gasteiger partial charge in [0.2, 0.25) is 5.60 Å². The Morgan fingerprint density at radius 2 is 2.06 bits per heavy atom. The number of ether oxygens (including phenoxy) is 1. The van der Waals surface area contributed by atoms with E-state index in [1.807, 2.05) is 37.3 Å². The molecule has 0 aliphatic carbocycles. The lowest BCUT2D eigenvalue weighted by molar-refractivity contribution is -0.168. The van der Waals surface area contributed by atoms with Crippen LogP contribution in [0.25, 0.3) is 5.70 Å². The molecule has 0 radical (unpaired) electrons. The molecule has 18 heavy (non-hydrogen) atoms. The van der Waals surface area contributed by atoms with Crippen LogP contribution in [0.15, 0.2) is 36.4 Å². The van der Waals surface area contributed by atoms with E-state index in [4.69, 9.17) is 9.57 Å². The molecule has 0 amide bonds. The summed E-state index contributed by atoms with van der Waals surface area (Å²) in [6.45, 7) is 4.02. The van der Waals surface area contributed by atoms with Gasteiger partial charge < -0.3 is 4.74 Å². The number of rotatable bonds is 4. The van der Waals surface area contributed by atoms with Gasteiger partial charge in [-0.25, -0.2) is 4.79 Å². The highest BCUT2D eigenvalue weighted by atomic mass is 16.7. The van der Waals surface area contributed by atoms with Crippen molar-refractivity contribution in [1.29, 1.82) is 0 Å². The maximum absolute atomic E-state index is 11.9. The summed E-state index contributed by atoms with van der Waals surface area (Å²) in [7, 11) is 0. The summed E-state index contributed by atoms with van der Waals surface area (Å²) in [6.07, 6.45) is 2.31. The van der Waals surface area contributed by atoms with Crippen LogP contribution in [0.2, 0.25) is 0 Å². The SMILES string of the molecule is CCOC(=O)C1(CC)C=C(c2ccccc2)NO1. The molecular weight excluding hydrogens is 230 g/mol. The van der Waals surface area contributed by atoms with Crippen LogP contribution in [0.3, 0.4) is 0 Å². The molecule has 4 nitrogen and oxygen atoms in total. The third-order valence-corrected chi connectivity index (χ3v) is 2.95. The summed E-state index contributed by atoms with van der Waals surface area (Å²) in [5.41, 5.74) is 3.58. The fourth-order valence-corrected chi connectivity index (χ4v) is 1.87. The Hall–Kier alpha value is -1.81. The van der Waals surface area contributed by atoms with Gasteiger partial charge in [0.1, 0.15) is 0 Å². The van der Waals surface area contributed by atoms with Gasteiger partial charge in [-0.15, -0.1) is 0 Å². The number of carbonyl (C=O) groups is 1. The number of hydroxylamine groups is 1. The topological polar surface area (TPSA) is 47.6 Å². The van der Waals surface area contributed by atoms with Crippen molar-refractivity contribution in [3.8, 4) is 0 Å². The van der Waals surface area contributed by atoms with Gasteiger partial charge in [0.25, 0.3) is 0 Å². The number of hydrogen-bond donors (Lipinski definition) is 1. The number of esters is 1. The third-order valence-electron chi connectivity index (χ3n) is 2.95. The molecule has 1 aliphatic heterocycles. The van der Waals surface area contributed by atoms with E-state index >= 15 is 0 Å². The summed E-state index contributed by atoms with van der Waals surface area (Å²) in [5.74, 6) is -0.356. The van der Waals surface area contributed by atoms with Gasteiger partial charge in [0.05, 0.1) is 12.3 Å². The second kappa shape index (κ2) is 5.23. The van der Waals surface area contributed by atoms with Crippen LogP contribution in [-0.4, -0.2) is 18.2 Å². The van der Waals surface area contributed by atoms with Gasteiger partial charge in [0, 0.05) is 0 Å². The molecule has 1 N–H and O–H groups in total. The number of carbonyl (C=O) groups excluding carboxylic acids is 1. The quantitative estimate of drug-likeness (QED) is 0.829. The highest BCUT2D eigenvalue weighted by molar-refractivity contribution is 5.86. The monoisotopic (exact) mass is 247 g/mol. The lowest BCUT2D eigenvalue weighted by Gasteiger charge is -2.20. The Kier molecular flexibility index (Phi) is 3.67. The maximum Gasteiger partial charge on any atom is 0.345 e. The molecular formula is C14H17NO3. The van der Waals surface area contributed by atoms with E-state index in [2.05, 4.69) is 5.48 Å². The zero-order valence-corrected chi connectivity index (χ0v) is 10.6. The summed E-state index contributed by atoms with van der Waals surface area (Å²) in [5, 5.41) is 0. The molecule has 2 rings (SSSR count). The average molecular weight is 247 g/mol. The van der Waals surface area contributed by atoms with E-state index in [-0.39, 0.29) is 5.97 Å². The van der Waals surface area contributed by atoms with Crippen LogP contribution in [0.5, 0.6) is 0 Å². The van der Waals surface area contributed by atoms with E-state index in [9.17, 15) is 4.79 Å². The summed E-state index contributed by atoms with van der Waals surface area (Å²) >= 11 is 0. The Morgan fingerprint density at radius 3 is 2.67 bits per heavy atom. The second-order valence-corrected chi connectivity index (χ2v) is 4.09. The van der Waals surface area contributed by atoms with Crippen LogP contribution < -0.4 is 5.48 Å². The highest BCUT2D eigenvalue weighted by Gasteiger charge is 2.42. The minimum Gasteiger partial charge on any atom is -0.464 e. The largest absolute Gasteiger partial charge is 0.464 e. The fraction of sp³-hybridized carbons (Fsp3) is 0.357. The molecule has 0 aromatic heterocycles. The normalized spacial score (nSPS) is 22.2. The van der Waals surface area contributed by atoms with Gasteiger partial charge in [-0.1, -0.05) is 37.3 Å². The zero-order chi connectivity index (χ0) is 13.0. The van der Waals surface area contributed by atoms with Gasteiger partial charge in [-0.05, 0) is 25.0 Å². The van der Waals surface area contributed by atoms with Gasteiger partial charge in [0.15, 0.2) is 0 Å². The van der Waals surface area contributed by atoms with Crippen LogP contribution in [0.4, 0.5) is 0 Å². The zero-order valence-electron chi connectivity index (χ0n) is 10.6. The summed E-state index contributed by atoms with van der Waals surface area (Å²) in [6, 6.07) is 9.73. The van der Waals surface area contributed by atoms with Crippen LogP contribution >= 0.6 is 0 Å². The van der Waals surface area contributed by atoms with E-state index < -0.39 is 5.60 Å². The van der Waals surface area contributed by atoms with E-state index in [0.29, 0.717) is 13.0 Å². The second-order valence-electron chi connectivity index (χ2n) is 4.09. The summed E-state index contributed by atoms with van der Waals surface area (Å²) in [4.78, 5) is 17.4. The minimum absolute atomic E-state index is 0.346. The van der Waals surface area contributed by atoms with Crippen molar-refractivity contribution in [1.82, 2.24) is 5.48 Å². The maximum atomic E-state index is 11.9. The molecule has 0 saturated carbocycles. The van der Waals surface area contributed by atoms with Crippen molar-refractivity contribution in [2.45, 2.75) is 25.9 Å². The van der Waals surface area contributed by atoms with Crippen molar-refractivity contribution < 1.29 is 14.4 Å². The molecule has 1 aromatic rings. The lowest BCUT2D eigenvalue weighted by atomic mass is 9.98. The first-order chi connectivity index (χ1) is 8.72. The molecule has 96 valence electrons. The first kappa shape index (κ1) is 12.6. The van der Waals surface area contributed by atoms with Crippen LogP contribution in [-0.2, 0) is 14.4 Å². The Labute approximate surface area is 107 Å². The molecule has 1 heterocycles. The predicted octanol–water partition coefficient (Wildman–Crippen LogP) is 2.27. The van der Waals surface area contributed by atoms with Crippen molar-refractivity contribution in [3.63, 3.8) is 0 Å². The molecule has 0 saturated heterocycles. The molecule has 1 aliphatic rings. The standard InChI is InChI=1S/C14H17NO3/c1-3-14(13(16)17-4-2)10-12(15-18-14)11-8-6-5-7-9-11/h5-10,15H,3-4H2,1-2H3. The molecule has 1 unspecified atom stereocenters. The molecule has 1 aromatic carbocycles. The average Bonchev–Trinajstić information content (AvgIpc) is 2.86. The van der Waals surface area contributed by atoms with Crippen molar-refractivity contribution in [3.05, 3.63) is 42.0 Å². The number of nitrogens with one attached hydrogen (secondary N) is 1. The van der Waals surface area contributed by atoms with Gasteiger partial charge in [-0.3, -0.25) is 10.3 Å². The van der Waals surface area contributed by atoms with Gasteiger partial charge in [-0.2, -0.15) is 0 Å². The Morgan fingerprint density at radius 1 is 1.33 bits per heavy atom. The molecule has 4 heteroatoms. The fourth-order valence-electron chi connectivity index (χ4n) is 1.87.